The van der Waals surface area contributed by atoms with Crippen LogP contribution in [-0.2, 0) is 0 Å². The van der Waals surface area contributed by atoms with E-state index in [1.807, 2.05) is 19.1 Å². The largest absolute Gasteiger partial charge is 0.363 e. The summed E-state index contributed by atoms with van der Waals surface area (Å²) < 4.78 is 13.6. The summed E-state index contributed by atoms with van der Waals surface area (Å²) in [6.45, 7) is 3.95. The number of aryl methyl sites for hydroxylation is 1. The molecular formula is C21H17ClFN3OS. The maximum atomic E-state index is 13.6. The average Bonchev–Trinajstić information content (AvgIpc) is 3.09. The third-order valence-electron chi connectivity index (χ3n) is 4.67. The number of nitrogens with zero attached hydrogens (tertiary/aromatic N) is 1. The van der Waals surface area contributed by atoms with Crippen molar-refractivity contribution >= 4 is 39.7 Å². The van der Waals surface area contributed by atoms with E-state index < -0.39 is 5.82 Å². The molecule has 3 heterocycles. The van der Waals surface area contributed by atoms with Gasteiger partial charge in [-0.3, -0.25) is 4.79 Å². The first-order valence-corrected chi connectivity index (χ1v) is 10.0. The second-order valence-corrected chi connectivity index (χ2v) is 7.82. The molecule has 0 fully saturated rings. The van der Waals surface area contributed by atoms with Gasteiger partial charge >= 0.3 is 0 Å². The van der Waals surface area contributed by atoms with E-state index in [0.29, 0.717) is 22.3 Å². The predicted octanol–water partition coefficient (Wildman–Crippen LogP) is 5.93. The normalized spacial score (nSPS) is 12.3. The number of fused-ring (bicyclic) bond motifs is 1. The van der Waals surface area contributed by atoms with Crippen molar-refractivity contribution in [3.05, 3.63) is 79.6 Å². The predicted molar refractivity (Wildman–Crippen MR) is 114 cm³/mol. The van der Waals surface area contributed by atoms with E-state index in [9.17, 15) is 9.18 Å². The van der Waals surface area contributed by atoms with Crippen molar-refractivity contribution in [3.8, 4) is 11.1 Å². The molecule has 0 radical (unpaired) electrons. The molecule has 4 nitrogen and oxygen atoms in total. The second kappa shape index (κ2) is 7.37. The van der Waals surface area contributed by atoms with Gasteiger partial charge in [-0.1, -0.05) is 11.6 Å². The molecule has 0 aliphatic carbocycles. The number of pyridine rings is 2. The minimum Gasteiger partial charge on any atom is -0.363 e. The lowest BCUT2D eigenvalue weighted by Crippen LogP contribution is -2.19. The molecule has 3 aromatic heterocycles. The van der Waals surface area contributed by atoms with Crippen molar-refractivity contribution in [2.75, 3.05) is 5.32 Å². The highest BCUT2D eigenvalue weighted by molar-refractivity contribution is 7.08. The molecule has 7 heteroatoms. The first-order chi connectivity index (χ1) is 13.4. The third kappa shape index (κ3) is 3.53. The van der Waals surface area contributed by atoms with E-state index in [-0.39, 0.29) is 16.6 Å². The second-order valence-electron chi connectivity index (χ2n) is 6.67. The van der Waals surface area contributed by atoms with Gasteiger partial charge in [-0.05, 0) is 71.6 Å². The summed E-state index contributed by atoms with van der Waals surface area (Å²) in [6, 6.07) is 8.09. The fourth-order valence-corrected chi connectivity index (χ4v) is 4.20. The monoisotopic (exact) mass is 413 g/mol. The van der Waals surface area contributed by atoms with Crippen LogP contribution in [0.1, 0.15) is 24.1 Å². The Labute approximate surface area is 170 Å². The number of hydrogen-bond acceptors (Lipinski definition) is 4. The number of aromatic nitrogens is 2. The number of H-pyrrole nitrogens is 1. The lowest BCUT2D eigenvalue weighted by atomic mass is 10.1. The van der Waals surface area contributed by atoms with Crippen LogP contribution in [0.4, 0.5) is 10.2 Å². The molecule has 0 aliphatic heterocycles. The number of nitrogens with one attached hydrogen (secondary N) is 2. The number of benzene rings is 1. The van der Waals surface area contributed by atoms with Gasteiger partial charge in [0.2, 0.25) is 0 Å². The Bertz CT molecular complexity index is 1230. The number of thiophene rings is 1. The van der Waals surface area contributed by atoms with Crippen LogP contribution < -0.4 is 10.9 Å². The molecule has 2 N–H and O–H groups in total. The molecule has 4 aromatic rings. The minimum atomic E-state index is -0.562. The highest BCUT2D eigenvalue weighted by atomic mass is 35.5. The van der Waals surface area contributed by atoms with E-state index in [2.05, 4.69) is 33.0 Å². The van der Waals surface area contributed by atoms with Crippen LogP contribution in [0.3, 0.4) is 0 Å². The van der Waals surface area contributed by atoms with E-state index >= 15 is 0 Å². The zero-order valence-electron chi connectivity index (χ0n) is 15.2. The SMILES string of the molecule is Cc1cscc1-c1ccnc(NC(C)c2cc3cc(Cl)c(F)cc3[nH]c2=O)c1. The fourth-order valence-electron chi connectivity index (χ4n) is 3.17. The molecule has 4 rings (SSSR count). The van der Waals surface area contributed by atoms with Crippen LogP contribution in [0.25, 0.3) is 22.0 Å². The van der Waals surface area contributed by atoms with Crippen LogP contribution in [0.2, 0.25) is 5.02 Å². The van der Waals surface area contributed by atoms with Crippen LogP contribution >= 0.6 is 22.9 Å². The molecule has 1 atom stereocenters. The van der Waals surface area contributed by atoms with Gasteiger partial charge in [0, 0.05) is 17.1 Å². The molecule has 0 aliphatic rings. The molecule has 0 saturated carbocycles. The summed E-state index contributed by atoms with van der Waals surface area (Å²) in [5.41, 5.74) is 4.11. The molecule has 0 spiro atoms. The summed E-state index contributed by atoms with van der Waals surface area (Å²) in [4.78, 5) is 19.6. The van der Waals surface area contributed by atoms with Gasteiger partial charge in [-0.2, -0.15) is 11.3 Å². The lowest BCUT2D eigenvalue weighted by molar-refractivity contribution is 0.629. The van der Waals surface area contributed by atoms with Gasteiger partial charge < -0.3 is 10.3 Å². The molecule has 1 unspecified atom stereocenters. The van der Waals surface area contributed by atoms with Crippen molar-refractivity contribution < 1.29 is 4.39 Å². The van der Waals surface area contributed by atoms with Gasteiger partial charge in [0.1, 0.15) is 11.6 Å². The fraction of sp³-hybridized carbons (Fsp3) is 0.143. The van der Waals surface area contributed by atoms with Crippen LogP contribution in [0.5, 0.6) is 0 Å². The Morgan fingerprint density at radius 1 is 1.25 bits per heavy atom. The van der Waals surface area contributed by atoms with Gasteiger partial charge in [0.15, 0.2) is 0 Å². The first-order valence-electron chi connectivity index (χ1n) is 8.70. The van der Waals surface area contributed by atoms with Crippen LogP contribution in [0.15, 0.2) is 52.1 Å². The van der Waals surface area contributed by atoms with E-state index in [0.717, 1.165) is 5.56 Å². The Morgan fingerprint density at radius 2 is 2.07 bits per heavy atom. The third-order valence-corrected chi connectivity index (χ3v) is 5.82. The van der Waals surface area contributed by atoms with Crippen molar-refractivity contribution in [2.24, 2.45) is 0 Å². The van der Waals surface area contributed by atoms with E-state index in [1.165, 1.54) is 23.3 Å². The van der Waals surface area contributed by atoms with E-state index in [4.69, 9.17) is 11.6 Å². The minimum absolute atomic E-state index is 0.0200. The maximum Gasteiger partial charge on any atom is 0.253 e. The highest BCUT2D eigenvalue weighted by Gasteiger charge is 2.14. The zero-order chi connectivity index (χ0) is 19.8. The number of aromatic amines is 1. The van der Waals surface area contributed by atoms with Crippen molar-refractivity contribution in [1.29, 1.82) is 0 Å². The molecule has 0 saturated heterocycles. The Hall–Kier alpha value is -2.70. The Kier molecular flexibility index (Phi) is 4.91. The molecule has 1 aromatic carbocycles. The Morgan fingerprint density at radius 3 is 2.82 bits per heavy atom. The molecule has 0 bridgehead atoms. The standard InChI is InChI=1S/C21H17ClFN3OS/c1-11-9-28-10-16(11)13-3-4-24-20(7-13)25-12(2)15-5-14-6-17(22)18(23)8-19(14)26-21(15)27/h3-10,12H,1-2H3,(H,24,25)(H,26,27). The van der Waals surface area contributed by atoms with Crippen LogP contribution in [0, 0.1) is 12.7 Å². The van der Waals surface area contributed by atoms with Crippen LogP contribution in [-0.4, -0.2) is 9.97 Å². The summed E-state index contributed by atoms with van der Waals surface area (Å²) in [7, 11) is 0. The smallest absolute Gasteiger partial charge is 0.253 e. The first kappa shape index (κ1) is 18.7. The molecular weight excluding hydrogens is 397 g/mol. The summed E-state index contributed by atoms with van der Waals surface area (Å²) in [5, 5.41) is 8.18. The Balaban J connectivity index is 1.66. The lowest BCUT2D eigenvalue weighted by Gasteiger charge is -2.15. The van der Waals surface area contributed by atoms with Crippen molar-refractivity contribution in [3.63, 3.8) is 0 Å². The molecule has 142 valence electrons. The van der Waals surface area contributed by atoms with Gasteiger partial charge in [0.25, 0.3) is 5.56 Å². The topological polar surface area (TPSA) is 57.8 Å². The van der Waals surface area contributed by atoms with Gasteiger partial charge in [-0.15, -0.1) is 0 Å². The van der Waals surface area contributed by atoms with E-state index in [1.54, 1.807) is 23.6 Å². The molecule has 28 heavy (non-hydrogen) atoms. The van der Waals surface area contributed by atoms with Gasteiger partial charge in [-0.25, -0.2) is 9.37 Å². The number of anilines is 1. The molecule has 0 amide bonds. The quantitative estimate of drug-likeness (QED) is 0.436. The van der Waals surface area contributed by atoms with Crippen molar-refractivity contribution in [2.45, 2.75) is 19.9 Å². The van der Waals surface area contributed by atoms with Crippen molar-refractivity contribution in [1.82, 2.24) is 9.97 Å². The number of halogens is 2. The summed E-state index contributed by atoms with van der Waals surface area (Å²) in [5.74, 6) is 0.112. The zero-order valence-corrected chi connectivity index (χ0v) is 16.8. The number of rotatable bonds is 4. The average molecular weight is 414 g/mol. The summed E-state index contributed by atoms with van der Waals surface area (Å²) >= 11 is 7.54. The maximum absolute atomic E-state index is 13.6. The number of hydrogen-bond donors (Lipinski definition) is 2. The summed E-state index contributed by atoms with van der Waals surface area (Å²) in [6.07, 6.45) is 1.74. The highest BCUT2D eigenvalue weighted by Crippen LogP contribution is 2.29. The van der Waals surface area contributed by atoms with Gasteiger partial charge in [0.05, 0.1) is 16.6 Å².